The first kappa shape index (κ1) is 15.9. The Bertz CT molecular complexity index is 932. The van der Waals surface area contributed by atoms with E-state index in [-0.39, 0.29) is 11.5 Å². The Kier molecular flexibility index (Phi) is 3.70. The molecule has 2 aromatic heterocycles. The number of carbonyl (C=O) groups is 1. The van der Waals surface area contributed by atoms with Crippen LogP contribution in [0.1, 0.15) is 27.6 Å². The van der Waals surface area contributed by atoms with Crippen molar-refractivity contribution < 1.29 is 18.0 Å². The van der Waals surface area contributed by atoms with Crippen LogP contribution in [0.15, 0.2) is 30.3 Å². The number of para-hydroxylation sites is 1. The first-order valence-electron chi connectivity index (χ1n) is 6.94. The summed E-state index contributed by atoms with van der Waals surface area (Å²) < 4.78 is 39.2. The number of benzene rings is 1. The molecule has 0 spiro atoms. The molecule has 124 valence electrons. The van der Waals surface area contributed by atoms with Crippen LogP contribution in [-0.4, -0.2) is 25.5 Å². The lowest BCUT2D eigenvalue weighted by molar-refractivity contribution is -0.144. The number of halogens is 3. The number of aryl methyl sites for hydroxylation is 2. The van der Waals surface area contributed by atoms with Crippen molar-refractivity contribution in [3.63, 3.8) is 0 Å². The molecule has 0 aliphatic heterocycles. The van der Waals surface area contributed by atoms with Crippen molar-refractivity contribution in [1.29, 1.82) is 0 Å². The molecule has 0 saturated carbocycles. The highest BCUT2D eigenvalue weighted by Crippen LogP contribution is 2.26. The molecule has 1 amide bonds. The number of nitrogens with one attached hydrogen (secondary N) is 1. The highest BCUT2D eigenvalue weighted by atomic mass is 19.4. The molecule has 0 unspecified atom stereocenters. The van der Waals surface area contributed by atoms with Crippen LogP contribution in [0.3, 0.4) is 0 Å². The zero-order valence-corrected chi connectivity index (χ0v) is 12.7. The van der Waals surface area contributed by atoms with Crippen molar-refractivity contribution in [3.05, 3.63) is 53.1 Å². The van der Waals surface area contributed by atoms with E-state index in [1.807, 2.05) is 6.07 Å². The van der Waals surface area contributed by atoms with Crippen LogP contribution in [0, 0.1) is 13.8 Å². The Labute approximate surface area is 134 Å². The minimum atomic E-state index is -4.72. The van der Waals surface area contributed by atoms with Gasteiger partial charge in [0, 0.05) is 11.4 Å². The number of nitrogens with zero attached hydrogens (tertiary/aromatic N) is 4. The fraction of sp³-hybridized carbons (Fsp3) is 0.200. The second-order valence-electron chi connectivity index (χ2n) is 5.20. The van der Waals surface area contributed by atoms with Crippen LogP contribution in [0.25, 0.3) is 5.78 Å². The number of rotatable bonds is 2. The normalized spacial score (nSPS) is 11.7. The van der Waals surface area contributed by atoms with Crippen molar-refractivity contribution in [2.45, 2.75) is 20.0 Å². The van der Waals surface area contributed by atoms with Gasteiger partial charge in [0.05, 0.1) is 0 Å². The van der Waals surface area contributed by atoms with E-state index in [4.69, 9.17) is 0 Å². The number of fused-ring (bicyclic) bond motifs is 1. The Morgan fingerprint density at radius 1 is 1.17 bits per heavy atom. The molecule has 6 nitrogen and oxygen atoms in total. The number of anilines is 1. The van der Waals surface area contributed by atoms with E-state index in [2.05, 4.69) is 20.4 Å². The summed E-state index contributed by atoms with van der Waals surface area (Å²) in [6.45, 7) is 3.37. The smallest absolute Gasteiger partial charge is 0.320 e. The predicted molar refractivity (Wildman–Crippen MR) is 79.7 cm³/mol. The monoisotopic (exact) mass is 335 g/mol. The van der Waals surface area contributed by atoms with Crippen LogP contribution < -0.4 is 5.32 Å². The summed E-state index contributed by atoms with van der Waals surface area (Å²) in [6.07, 6.45) is -4.72. The van der Waals surface area contributed by atoms with Crippen LogP contribution >= 0.6 is 0 Å². The van der Waals surface area contributed by atoms with Gasteiger partial charge in [0.1, 0.15) is 5.69 Å². The molecule has 9 heteroatoms. The molecule has 3 rings (SSSR count). The molecule has 3 aromatic rings. The zero-order chi connectivity index (χ0) is 17.5. The number of hydrogen-bond acceptors (Lipinski definition) is 4. The Hall–Kier alpha value is -2.97. The number of aromatic nitrogens is 4. The van der Waals surface area contributed by atoms with Crippen LogP contribution in [0.5, 0.6) is 0 Å². The number of alkyl halides is 3. The van der Waals surface area contributed by atoms with E-state index in [0.717, 1.165) is 10.1 Å². The highest BCUT2D eigenvalue weighted by Gasteiger charge is 2.37. The van der Waals surface area contributed by atoms with Gasteiger partial charge in [0.25, 0.3) is 17.5 Å². The molecule has 0 radical (unpaired) electrons. The Morgan fingerprint density at radius 3 is 2.54 bits per heavy atom. The third kappa shape index (κ3) is 2.92. The van der Waals surface area contributed by atoms with Crippen molar-refractivity contribution in [2.75, 3.05) is 5.32 Å². The fourth-order valence-electron chi connectivity index (χ4n) is 2.17. The molecular formula is C15H12F3N5O. The SMILES string of the molecule is Cc1cc(C(=O)Nc2ccccc2C)n2nc(C(F)(F)F)nc2n1. The first-order valence-corrected chi connectivity index (χ1v) is 6.94. The van der Waals surface area contributed by atoms with Crippen molar-refractivity contribution >= 4 is 17.4 Å². The quantitative estimate of drug-likeness (QED) is 0.781. The third-order valence-corrected chi connectivity index (χ3v) is 3.32. The maximum absolute atomic E-state index is 12.8. The molecule has 0 bridgehead atoms. The lowest BCUT2D eigenvalue weighted by atomic mass is 10.2. The summed E-state index contributed by atoms with van der Waals surface area (Å²) >= 11 is 0. The lowest BCUT2D eigenvalue weighted by Crippen LogP contribution is -2.18. The van der Waals surface area contributed by atoms with Crippen LogP contribution in [-0.2, 0) is 6.18 Å². The van der Waals surface area contributed by atoms with E-state index in [9.17, 15) is 18.0 Å². The topological polar surface area (TPSA) is 72.2 Å². The molecule has 0 aliphatic carbocycles. The maximum atomic E-state index is 12.8. The first-order chi connectivity index (χ1) is 11.3. The van der Waals surface area contributed by atoms with E-state index < -0.39 is 17.9 Å². The summed E-state index contributed by atoms with van der Waals surface area (Å²) in [5.41, 5.74) is 1.66. The van der Waals surface area contributed by atoms with Gasteiger partial charge in [0.15, 0.2) is 0 Å². The third-order valence-electron chi connectivity index (χ3n) is 3.32. The van der Waals surface area contributed by atoms with Crippen molar-refractivity contribution in [1.82, 2.24) is 19.6 Å². The van der Waals surface area contributed by atoms with Gasteiger partial charge >= 0.3 is 6.18 Å². The Balaban J connectivity index is 2.06. The fourth-order valence-corrected chi connectivity index (χ4v) is 2.17. The van der Waals surface area contributed by atoms with Crippen LogP contribution in [0.2, 0.25) is 0 Å². The molecule has 1 N–H and O–H groups in total. The minimum absolute atomic E-state index is 0.0799. The van der Waals surface area contributed by atoms with Gasteiger partial charge in [-0.15, -0.1) is 5.10 Å². The zero-order valence-electron chi connectivity index (χ0n) is 12.7. The van der Waals surface area contributed by atoms with Gasteiger partial charge in [-0.25, -0.2) is 4.98 Å². The molecule has 0 fully saturated rings. The largest absolute Gasteiger partial charge is 0.453 e. The standard InChI is InChI=1S/C15H12F3N5O/c1-8-5-3-4-6-10(8)20-12(24)11-7-9(2)19-14-21-13(15(16,17)18)22-23(11)14/h3-7H,1-2H3,(H,20,24). The second kappa shape index (κ2) is 5.59. The molecule has 0 aliphatic rings. The van der Waals surface area contributed by atoms with E-state index in [1.165, 1.54) is 6.07 Å². The van der Waals surface area contributed by atoms with Gasteiger partial charge in [-0.05, 0) is 31.5 Å². The summed E-state index contributed by atoms with van der Waals surface area (Å²) in [7, 11) is 0. The second-order valence-corrected chi connectivity index (χ2v) is 5.20. The summed E-state index contributed by atoms with van der Waals surface area (Å²) in [5, 5.41) is 6.02. The van der Waals surface area contributed by atoms with Gasteiger partial charge in [-0.2, -0.15) is 22.7 Å². The molecule has 0 saturated heterocycles. The lowest BCUT2D eigenvalue weighted by Gasteiger charge is -2.09. The number of hydrogen-bond donors (Lipinski definition) is 1. The van der Waals surface area contributed by atoms with Crippen molar-refractivity contribution in [2.24, 2.45) is 0 Å². The molecule has 1 aromatic carbocycles. The van der Waals surface area contributed by atoms with Gasteiger partial charge in [0.2, 0.25) is 0 Å². The predicted octanol–water partition coefficient (Wildman–Crippen LogP) is 3.01. The maximum Gasteiger partial charge on any atom is 0.453 e. The van der Waals surface area contributed by atoms with Gasteiger partial charge < -0.3 is 5.32 Å². The van der Waals surface area contributed by atoms with Gasteiger partial charge in [-0.3, -0.25) is 4.79 Å². The summed E-state index contributed by atoms with van der Waals surface area (Å²) in [6, 6.07) is 8.41. The summed E-state index contributed by atoms with van der Waals surface area (Å²) in [4.78, 5) is 19.7. The number of carbonyl (C=O) groups excluding carboxylic acids is 1. The number of amides is 1. The average molecular weight is 335 g/mol. The Morgan fingerprint density at radius 2 is 1.88 bits per heavy atom. The van der Waals surface area contributed by atoms with Crippen LogP contribution in [0.4, 0.5) is 18.9 Å². The molecular weight excluding hydrogens is 323 g/mol. The van der Waals surface area contributed by atoms with Gasteiger partial charge in [-0.1, -0.05) is 18.2 Å². The van der Waals surface area contributed by atoms with E-state index in [1.54, 1.807) is 32.0 Å². The molecule has 0 atom stereocenters. The summed E-state index contributed by atoms with van der Waals surface area (Å²) in [5.74, 6) is -2.22. The minimum Gasteiger partial charge on any atom is -0.320 e. The van der Waals surface area contributed by atoms with Crippen molar-refractivity contribution in [3.8, 4) is 0 Å². The highest BCUT2D eigenvalue weighted by molar-refractivity contribution is 6.03. The average Bonchev–Trinajstić information content (AvgIpc) is 2.92. The van der Waals surface area contributed by atoms with E-state index in [0.29, 0.717) is 11.4 Å². The molecule has 2 heterocycles. The molecule has 24 heavy (non-hydrogen) atoms. The van der Waals surface area contributed by atoms with E-state index >= 15 is 0 Å².